The van der Waals surface area contributed by atoms with E-state index in [0.29, 0.717) is 26.3 Å². The Kier molecular flexibility index (Phi) is 9.09. The highest BCUT2D eigenvalue weighted by Crippen LogP contribution is 2.40. The highest BCUT2D eigenvalue weighted by molar-refractivity contribution is 5.85. The summed E-state index contributed by atoms with van der Waals surface area (Å²) in [4.78, 5) is 2.12. The number of benzene rings is 1. The smallest absolute Gasteiger partial charge is 0.381 e. The second-order valence-electron chi connectivity index (χ2n) is 6.39. The minimum absolute atomic E-state index is 0. The van der Waals surface area contributed by atoms with Gasteiger partial charge in [-0.25, -0.2) is 4.39 Å². The van der Waals surface area contributed by atoms with Crippen LogP contribution in [-0.4, -0.2) is 44.3 Å². The van der Waals surface area contributed by atoms with Gasteiger partial charge in [-0.2, -0.15) is 13.2 Å². The second kappa shape index (κ2) is 10.1. The SMILES string of the molecule is Cl.Cl.Fc1c([C@H](C2CCOCC2)N2CCNCC2)cccc1C(F)(F)F. The Balaban J connectivity index is 0.00000169. The van der Waals surface area contributed by atoms with E-state index in [1.807, 2.05) is 0 Å². The normalized spacial score (nSPS) is 20.8. The number of piperazine rings is 1. The third-order valence-corrected chi connectivity index (χ3v) is 4.91. The second-order valence-corrected chi connectivity index (χ2v) is 6.39. The number of nitrogens with zero attached hydrogens (tertiary/aromatic N) is 1. The van der Waals surface area contributed by atoms with Crippen LogP contribution in [0.15, 0.2) is 18.2 Å². The number of hydrogen-bond donors (Lipinski definition) is 1. The van der Waals surface area contributed by atoms with Gasteiger partial charge < -0.3 is 10.1 Å². The molecule has 2 saturated heterocycles. The topological polar surface area (TPSA) is 24.5 Å². The lowest BCUT2D eigenvalue weighted by Gasteiger charge is -2.41. The molecule has 26 heavy (non-hydrogen) atoms. The molecule has 1 aromatic rings. The van der Waals surface area contributed by atoms with Gasteiger partial charge >= 0.3 is 6.18 Å². The number of alkyl halides is 3. The maximum absolute atomic E-state index is 14.7. The van der Waals surface area contributed by atoms with Gasteiger partial charge in [0.25, 0.3) is 0 Å². The minimum Gasteiger partial charge on any atom is -0.381 e. The van der Waals surface area contributed by atoms with E-state index in [4.69, 9.17) is 4.74 Å². The summed E-state index contributed by atoms with van der Waals surface area (Å²) in [6.07, 6.45) is -3.20. The van der Waals surface area contributed by atoms with Gasteiger partial charge in [-0.05, 0) is 24.8 Å². The highest BCUT2D eigenvalue weighted by Gasteiger charge is 2.38. The molecule has 2 aliphatic heterocycles. The lowest BCUT2D eigenvalue weighted by molar-refractivity contribution is -0.140. The van der Waals surface area contributed by atoms with Gasteiger partial charge in [0.2, 0.25) is 0 Å². The van der Waals surface area contributed by atoms with Gasteiger partial charge in [0.05, 0.1) is 5.56 Å². The average molecular weight is 419 g/mol. The summed E-state index contributed by atoms with van der Waals surface area (Å²) in [5.74, 6) is -1.02. The summed E-state index contributed by atoms with van der Waals surface area (Å²) in [7, 11) is 0. The maximum atomic E-state index is 14.7. The first kappa shape index (κ1) is 23.4. The number of nitrogens with one attached hydrogen (secondary N) is 1. The number of ether oxygens (including phenoxy) is 1. The standard InChI is InChI=1S/C17H22F4N2O.2ClH/c18-15-13(2-1-3-14(15)17(19,20)21)16(12-4-10-24-11-5-12)23-8-6-22-7-9-23;;/h1-3,12,16,22H,4-11H2;2*1H/t16-;;/m0../s1. The van der Waals surface area contributed by atoms with E-state index in [-0.39, 0.29) is 42.3 Å². The average Bonchev–Trinajstić information content (AvgIpc) is 2.58. The van der Waals surface area contributed by atoms with E-state index in [9.17, 15) is 17.6 Å². The zero-order valence-corrected chi connectivity index (χ0v) is 15.9. The van der Waals surface area contributed by atoms with E-state index in [1.54, 1.807) is 0 Å². The maximum Gasteiger partial charge on any atom is 0.419 e. The van der Waals surface area contributed by atoms with Crippen LogP contribution < -0.4 is 5.32 Å². The zero-order chi connectivity index (χ0) is 17.2. The Morgan fingerprint density at radius 3 is 2.27 bits per heavy atom. The molecule has 150 valence electrons. The summed E-state index contributed by atoms with van der Waals surface area (Å²) in [6, 6.07) is 3.30. The zero-order valence-electron chi connectivity index (χ0n) is 14.2. The molecule has 0 amide bonds. The van der Waals surface area contributed by atoms with Crippen LogP contribution in [-0.2, 0) is 10.9 Å². The molecule has 3 rings (SSSR count). The van der Waals surface area contributed by atoms with E-state index in [2.05, 4.69) is 10.2 Å². The molecule has 0 spiro atoms. The van der Waals surface area contributed by atoms with Gasteiger partial charge in [0.1, 0.15) is 5.82 Å². The van der Waals surface area contributed by atoms with E-state index in [1.165, 1.54) is 12.1 Å². The van der Waals surface area contributed by atoms with Crippen LogP contribution in [0.2, 0.25) is 0 Å². The first-order chi connectivity index (χ1) is 11.5. The molecular weight excluding hydrogens is 395 g/mol. The minimum atomic E-state index is -4.68. The molecule has 1 aromatic carbocycles. The van der Waals surface area contributed by atoms with Crippen molar-refractivity contribution in [3.63, 3.8) is 0 Å². The van der Waals surface area contributed by atoms with Crippen molar-refractivity contribution in [2.24, 2.45) is 5.92 Å². The van der Waals surface area contributed by atoms with E-state index < -0.39 is 17.6 Å². The fraction of sp³-hybridized carbons (Fsp3) is 0.647. The first-order valence-corrected chi connectivity index (χ1v) is 8.36. The highest BCUT2D eigenvalue weighted by atomic mass is 35.5. The molecule has 0 aromatic heterocycles. The van der Waals surface area contributed by atoms with Crippen molar-refractivity contribution >= 4 is 24.8 Å². The molecule has 0 unspecified atom stereocenters. The van der Waals surface area contributed by atoms with Crippen molar-refractivity contribution in [2.75, 3.05) is 39.4 Å². The molecule has 2 fully saturated rings. The van der Waals surface area contributed by atoms with Crippen molar-refractivity contribution in [1.29, 1.82) is 0 Å². The fourth-order valence-electron chi connectivity index (χ4n) is 3.74. The molecule has 1 atom stereocenters. The van der Waals surface area contributed by atoms with Crippen LogP contribution in [0.25, 0.3) is 0 Å². The third kappa shape index (κ3) is 5.23. The fourth-order valence-corrected chi connectivity index (χ4v) is 3.74. The van der Waals surface area contributed by atoms with Crippen molar-refractivity contribution in [1.82, 2.24) is 10.2 Å². The Labute approximate surface area is 163 Å². The molecule has 0 aliphatic carbocycles. The van der Waals surface area contributed by atoms with Crippen LogP contribution >= 0.6 is 24.8 Å². The van der Waals surface area contributed by atoms with E-state index >= 15 is 0 Å². The van der Waals surface area contributed by atoms with Gasteiger partial charge in [0, 0.05) is 51.0 Å². The van der Waals surface area contributed by atoms with Crippen LogP contribution in [0.4, 0.5) is 17.6 Å². The van der Waals surface area contributed by atoms with Crippen LogP contribution in [0.3, 0.4) is 0 Å². The molecule has 3 nitrogen and oxygen atoms in total. The first-order valence-electron chi connectivity index (χ1n) is 8.36. The Bertz CT molecular complexity index is 544. The van der Waals surface area contributed by atoms with Gasteiger partial charge in [-0.3, -0.25) is 4.90 Å². The molecule has 2 heterocycles. The molecule has 0 saturated carbocycles. The summed E-state index contributed by atoms with van der Waals surface area (Å²) in [5.41, 5.74) is -1.01. The van der Waals surface area contributed by atoms with Crippen molar-refractivity contribution in [3.8, 4) is 0 Å². The molecule has 9 heteroatoms. The Morgan fingerprint density at radius 2 is 1.69 bits per heavy atom. The summed E-state index contributed by atoms with van der Waals surface area (Å²) in [5, 5.41) is 3.23. The third-order valence-electron chi connectivity index (χ3n) is 4.91. The van der Waals surface area contributed by atoms with Gasteiger partial charge in [-0.1, -0.05) is 12.1 Å². The molecular formula is C17H24Cl2F4N2O. The predicted molar refractivity (Wildman–Crippen MR) is 96.6 cm³/mol. The van der Waals surface area contributed by atoms with Crippen LogP contribution in [0.5, 0.6) is 0 Å². The number of rotatable bonds is 3. The molecule has 2 aliphatic rings. The predicted octanol–water partition coefficient (Wildman–Crippen LogP) is 4.06. The van der Waals surface area contributed by atoms with Crippen molar-refractivity contribution in [2.45, 2.75) is 25.1 Å². The lowest BCUT2D eigenvalue weighted by Crippen LogP contribution is -2.47. The van der Waals surface area contributed by atoms with E-state index in [0.717, 1.165) is 32.0 Å². The monoisotopic (exact) mass is 418 g/mol. The van der Waals surface area contributed by atoms with Gasteiger partial charge in [0.15, 0.2) is 0 Å². The molecule has 1 N–H and O–H groups in total. The lowest BCUT2D eigenvalue weighted by atomic mass is 9.84. The molecule has 0 radical (unpaired) electrons. The van der Waals surface area contributed by atoms with Crippen LogP contribution in [0.1, 0.15) is 30.0 Å². The van der Waals surface area contributed by atoms with Gasteiger partial charge in [-0.15, -0.1) is 24.8 Å². The summed E-state index contributed by atoms with van der Waals surface area (Å²) < 4.78 is 59.4. The summed E-state index contributed by atoms with van der Waals surface area (Å²) in [6.45, 7) is 4.09. The largest absolute Gasteiger partial charge is 0.419 e. The summed E-state index contributed by atoms with van der Waals surface area (Å²) >= 11 is 0. The van der Waals surface area contributed by atoms with Crippen molar-refractivity contribution < 1.29 is 22.3 Å². The number of hydrogen-bond acceptors (Lipinski definition) is 3. The Hall–Kier alpha value is -0.600. The number of halogens is 6. The quantitative estimate of drug-likeness (QED) is 0.748. The van der Waals surface area contributed by atoms with Crippen LogP contribution in [0, 0.1) is 11.7 Å². The molecule has 0 bridgehead atoms. The Morgan fingerprint density at radius 1 is 1.08 bits per heavy atom. The van der Waals surface area contributed by atoms with Crippen molar-refractivity contribution in [3.05, 3.63) is 35.1 Å².